The van der Waals surface area contributed by atoms with E-state index in [0.29, 0.717) is 5.75 Å². The molecule has 1 heterocycles. The van der Waals surface area contributed by atoms with Crippen LogP contribution in [-0.4, -0.2) is 42.2 Å². The Labute approximate surface area is 94.0 Å². The lowest BCUT2D eigenvalue weighted by Gasteiger charge is -2.26. The number of hydrogen-bond acceptors (Lipinski definition) is 4. The summed E-state index contributed by atoms with van der Waals surface area (Å²) in [5.74, 6) is 1.29. The molecule has 0 amide bonds. The van der Waals surface area contributed by atoms with Gasteiger partial charge in [-0.25, -0.2) is 0 Å². The van der Waals surface area contributed by atoms with Crippen LogP contribution in [0.3, 0.4) is 0 Å². The van der Waals surface area contributed by atoms with E-state index in [1.807, 2.05) is 18.2 Å². The maximum Gasteiger partial charge on any atom is 0.129 e. The van der Waals surface area contributed by atoms with Crippen LogP contribution in [0.1, 0.15) is 0 Å². The van der Waals surface area contributed by atoms with E-state index in [1.54, 1.807) is 17.8 Å². The Hall–Kier alpha value is -0.710. The molecule has 3 nitrogen and oxygen atoms in total. The SMILES string of the molecule is Oc1ccccc1SCN1CCOCC1. The van der Waals surface area contributed by atoms with Gasteiger partial charge in [0.2, 0.25) is 0 Å². The molecule has 82 valence electrons. The third-order valence-electron chi connectivity index (χ3n) is 2.37. The van der Waals surface area contributed by atoms with Gasteiger partial charge in [0, 0.05) is 19.0 Å². The van der Waals surface area contributed by atoms with Crippen LogP contribution in [0.4, 0.5) is 0 Å². The van der Waals surface area contributed by atoms with Crippen molar-refractivity contribution in [2.24, 2.45) is 0 Å². The van der Waals surface area contributed by atoms with Gasteiger partial charge in [0.05, 0.1) is 18.1 Å². The maximum absolute atomic E-state index is 9.58. The lowest BCUT2D eigenvalue weighted by Crippen LogP contribution is -2.35. The highest BCUT2D eigenvalue weighted by atomic mass is 32.2. The molecule has 4 heteroatoms. The van der Waals surface area contributed by atoms with Crippen molar-refractivity contribution in [2.75, 3.05) is 32.2 Å². The lowest BCUT2D eigenvalue weighted by molar-refractivity contribution is 0.0474. The van der Waals surface area contributed by atoms with Crippen LogP contribution in [0.15, 0.2) is 29.2 Å². The number of phenolic OH excluding ortho intramolecular Hbond substituents is 1. The monoisotopic (exact) mass is 225 g/mol. The van der Waals surface area contributed by atoms with Crippen molar-refractivity contribution in [3.05, 3.63) is 24.3 Å². The molecule has 0 aliphatic carbocycles. The molecule has 0 radical (unpaired) electrons. The molecule has 0 atom stereocenters. The first-order valence-electron chi connectivity index (χ1n) is 5.07. The molecule has 0 saturated carbocycles. The molecule has 0 aromatic heterocycles. The van der Waals surface area contributed by atoms with Crippen molar-refractivity contribution in [2.45, 2.75) is 4.90 Å². The minimum absolute atomic E-state index is 0.371. The van der Waals surface area contributed by atoms with Crippen LogP contribution >= 0.6 is 11.8 Å². The van der Waals surface area contributed by atoms with Crippen LogP contribution in [-0.2, 0) is 4.74 Å². The van der Waals surface area contributed by atoms with Crippen LogP contribution < -0.4 is 0 Å². The molecule has 1 N–H and O–H groups in total. The van der Waals surface area contributed by atoms with Gasteiger partial charge in [0.15, 0.2) is 0 Å². The predicted molar refractivity (Wildman–Crippen MR) is 61.2 cm³/mol. The fourth-order valence-electron chi connectivity index (χ4n) is 1.47. The maximum atomic E-state index is 9.58. The van der Waals surface area contributed by atoms with Crippen LogP contribution in [0, 0.1) is 0 Å². The normalized spacial score (nSPS) is 17.9. The summed E-state index contributed by atoms with van der Waals surface area (Å²) in [6.07, 6.45) is 0. The largest absolute Gasteiger partial charge is 0.507 e. The molecule has 0 spiro atoms. The highest BCUT2D eigenvalue weighted by Crippen LogP contribution is 2.28. The second-order valence-corrected chi connectivity index (χ2v) is 4.46. The number of hydrogen-bond donors (Lipinski definition) is 1. The fourth-order valence-corrected chi connectivity index (χ4v) is 2.44. The summed E-state index contributed by atoms with van der Waals surface area (Å²) in [4.78, 5) is 3.28. The van der Waals surface area contributed by atoms with Gasteiger partial charge >= 0.3 is 0 Å². The van der Waals surface area contributed by atoms with Crippen molar-refractivity contribution in [3.8, 4) is 5.75 Å². The number of thioether (sulfide) groups is 1. The standard InChI is InChI=1S/C11H15NO2S/c13-10-3-1-2-4-11(10)15-9-12-5-7-14-8-6-12/h1-4,13H,5-9H2. The first-order valence-corrected chi connectivity index (χ1v) is 6.06. The Balaban J connectivity index is 1.84. The van der Waals surface area contributed by atoms with E-state index in [-0.39, 0.29) is 0 Å². The molecule has 1 aliphatic heterocycles. The minimum Gasteiger partial charge on any atom is -0.507 e. The molecular formula is C11H15NO2S. The van der Waals surface area contributed by atoms with Crippen LogP contribution in [0.5, 0.6) is 5.75 Å². The molecule has 1 aliphatic rings. The Morgan fingerprint density at radius 2 is 2.00 bits per heavy atom. The molecule has 15 heavy (non-hydrogen) atoms. The number of nitrogens with zero attached hydrogens (tertiary/aromatic N) is 1. The average molecular weight is 225 g/mol. The van der Waals surface area contributed by atoms with Crippen molar-refractivity contribution < 1.29 is 9.84 Å². The van der Waals surface area contributed by atoms with E-state index in [1.165, 1.54) is 0 Å². The number of para-hydroxylation sites is 1. The molecule has 1 aromatic rings. The quantitative estimate of drug-likeness (QED) is 0.795. The third kappa shape index (κ3) is 3.12. The van der Waals surface area contributed by atoms with Gasteiger partial charge in [0.25, 0.3) is 0 Å². The number of phenols is 1. The second-order valence-electron chi connectivity index (χ2n) is 3.47. The Morgan fingerprint density at radius 3 is 2.73 bits per heavy atom. The van der Waals surface area contributed by atoms with E-state index in [2.05, 4.69) is 4.90 Å². The molecule has 0 bridgehead atoms. The summed E-state index contributed by atoms with van der Waals surface area (Å²) in [6, 6.07) is 7.46. The molecule has 1 fully saturated rings. The number of ether oxygens (including phenoxy) is 1. The third-order valence-corrected chi connectivity index (χ3v) is 3.52. The lowest BCUT2D eigenvalue weighted by atomic mass is 10.3. The number of aromatic hydroxyl groups is 1. The van der Waals surface area contributed by atoms with Gasteiger partial charge in [-0.15, -0.1) is 11.8 Å². The van der Waals surface area contributed by atoms with Crippen LogP contribution in [0.25, 0.3) is 0 Å². The van der Waals surface area contributed by atoms with E-state index < -0.39 is 0 Å². The van der Waals surface area contributed by atoms with E-state index in [9.17, 15) is 5.11 Å². The number of benzene rings is 1. The van der Waals surface area contributed by atoms with Gasteiger partial charge in [-0.2, -0.15) is 0 Å². The van der Waals surface area contributed by atoms with Crippen molar-refractivity contribution in [1.29, 1.82) is 0 Å². The summed E-state index contributed by atoms with van der Waals surface area (Å²) >= 11 is 1.67. The van der Waals surface area contributed by atoms with E-state index >= 15 is 0 Å². The van der Waals surface area contributed by atoms with Gasteiger partial charge in [-0.3, -0.25) is 4.90 Å². The summed E-state index contributed by atoms with van der Waals surface area (Å²) in [6.45, 7) is 3.61. The zero-order chi connectivity index (χ0) is 10.5. The second kappa shape index (κ2) is 5.39. The molecule has 2 rings (SSSR count). The molecule has 0 unspecified atom stereocenters. The number of morpholine rings is 1. The molecule has 1 aromatic carbocycles. The van der Waals surface area contributed by atoms with Gasteiger partial charge < -0.3 is 9.84 Å². The fraction of sp³-hybridized carbons (Fsp3) is 0.455. The van der Waals surface area contributed by atoms with E-state index in [0.717, 1.165) is 37.1 Å². The van der Waals surface area contributed by atoms with Gasteiger partial charge in [0.1, 0.15) is 5.75 Å². The minimum atomic E-state index is 0.371. The first kappa shape index (κ1) is 10.8. The van der Waals surface area contributed by atoms with Gasteiger partial charge in [-0.05, 0) is 12.1 Å². The summed E-state index contributed by atoms with van der Waals surface area (Å²) in [5.41, 5.74) is 0. The van der Waals surface area contributed by atoms with E-state index in [4.69, 9.17) is 4.74 Å². The highest BCUT2D eigenvalue weighted by molar-refractivity contribution is 7.99. The topological polar surface area (TPSA) is 32.7 Å². The summed E-state index contributed by atoms with van der Waals surface area (Å²) in [7, 11) is 0. The Kier molecular flexibility index (Phi) is 3.88. The van der Waals surface area contributed by atoms with Crippen molar-refractivity contribution >= 4 is 11.8 Å². The first-order chi connectivity index (χ1) is 7.36. The van der Waals surface area contributed by atoms with Crippen molar-refractivity contribution in [1.82, 2.24) is 4.90 Å². The molecule has 1 saturated heterocycles. The summed E-state index contributed by atoms with van der Waals surface area (Å²) in [5, 5.41) is 9.58. The zero-order valence-corrected chi connectivity index (χ0v) is 9.37. The molecular weight excluding hydrogens is 210 g/mol. The highest BCUT2D eigenvalue weighted by Gasteiger charge is 2.10. The summed E-state index contributed by atoms with van der Waals surface area (Å²) < 4.78 is 5.28. The smallest absolute Gasteiger partial charge is 0.129 e. The van der Waals surface area contributed by atoms with Crippen molar-refractivity contribution in [3.63, 3.8) is 0 Å². The predicted octanol–water partition coefficient (Wildman–Crippen LogP) is 1.77. The van der Waals surface area contributed by atoms with Gasteiger partial charge in [-0.1, -0.05) is 12.1 Å². The Bertz CT molecular complexity index is 313. The Morgan fingerprint density at radius 1 is 1.27 bits per heavy atom. The zero-order valence-electron chi connectivity index (χ0n) is 8.56. The average Bonchev–Trinajstić information content (AvgIpc) is 2.29. The van der Waals surface area contributed by atoms with Crippen LogP contribution in [0.2, 0.25) is 0 Å². The number of rotatable bonds is 3.